The number of aromatic nitrogens is 1. The summed E-state index contributed by atoms with van der Waals surface area (Å²) in [6, 6.07) is 13.1. The number of amides is 1. The molecule has 4 heteroatoms. The second-order valence-corrected chi connectivity index (χ2v) is 5.65. The molecule has 112 valence electrons. The van der Waals surface area contributed by atoms with Crippen molar-refractivity contribution >= 4 is 22.7 Å². The number of carbonyl (C=O) groups excluding carboxylic acids is 1. The van der Waals surface area contributed by atoms with Crippen LogP contribution in [0.1, 0.15) is 41.6 Å². The Morgan fingerprint density at radius 1 is 1.14 bits per heavy atom. The molecule has 0 bridgehead atoms. The summed E-state index contributed by atoms with van der Waals surface area (Å²) in [5.74, 6) is 0.938. The lowest BCUT2D eigenvalue weighted by Gasteiger charge is -2.08. The van der Waals surface area contributed by atoms with Crippen LogP contribution in [0.5, 0.6) is 0 Å². The van der Waals surface area contributed by atoms with Gasteiger partial charge in [-0.2, -0.15) is 0 Å². The minimum absolute atomic E-state index is 0.130. The van der Waals surface area contributed by atoms with Gasteiger partial charge >= 0.3 is 0 Å². The van der Waals surface area contributed by atoms with E-state index in [1.165, 1.54) is 5.56 Å². The highest BCUT2D eigenvalue weighted by Crippen LogP contribution is 2.20. The second kappa shape index (κ2) is 5.64. The van der Waals surface area contributed by atoms with Crippen molar-refractivity contribution in [1.82, 2.24) is 4.98 Å². The number of aryl methyl sites for hydroxylation is 1. The largest absolute Gasteiger partial charge is 0.441 e. The first-order valence-electron chi connectivity index (χ1n) is 7.31. The summed E-state index contributed by atoms with van der Waals surface area (Å²) in [6.45, 7) is 6.06. The van der Waals surface area contributed by atoms with Crippen molar-refractivity contribution < 1.29 is 9.21 Å². The number of fused-ring (bicyclic) bond motifs is 1. The minimum Gasteiger partial charge on any atom is -0.441 e. The molecule has 4 nitrogen and oxygen atoms in total. The average Bonchev–Trinajstić information content (AvgIpc) is 2.86. The fraction of sp³-hybridized carbons (Fsp3) is 0.222. The Morgan fingerprint density at radius 3 is 2.55 bits per heavy atom. The van der Waals surface area contributed by atoms with Gasteiger partial charge < -0.3 is 9.73 Å². The SMILES string of the molecule is Cc1nc2cc(NC(=O)c3ccc(C(C)C)cc3)ccc2o1. The maximum Gasteiger partial charge on any atom is 0.255 e. The molecule has 0 atom stereocenters. The van der Waals surface area contributed by atoms with Crippen LogP contribution in [0, 0.1) is 6.92 Å². The van der Waals surface area contributed by atoms with E-state index >= 15 is 0 Å². The summed E-state index contributed by atoms with van der Waals surface area (Å²) >= 11 is 0. The maximum atomic E-state index is 12.3. The molecule has 0 spiro atoms. The number of benzene rings is 2. The summed E-state index contributed by atoms with van der Waals surface area (Å²) in [5, 5.41) is 2.89. The number of rotatable bonds is 3. The fourth-order valence-electron chi connectivity index (χ4n) is 2.34. The molecule has 0 saturated heterocycles. The average molecular weight is 294 g/mol. The van der Waals surface area contributed by atoms with E-state index in [2.05, 4.69) is 24.1 Å². The van der Waals surface area contributed by atoms with E-state index < -0.39 is 0 Å². The molecule has 0 aliphatic carbocycles. The molecule has 2 aromatic carbocycles. The zero-order valence-corrected chi connectivity index (χ0v) is 12.9. The fourth-order valence-corrected chi connectivity index (χ4v) is 2.34. The molecule has 1 heterocycles. The molecule has 0 unspecified atom stereocenters. The standard InChI is InChI=1S/C18H18N2O2/c1-11(2)13-4-6-14(7-5-13)18(21)20-15-8-9-17-16(10-15)19-12(3)22-17/h4-11H,1-3H3,(H,20,21). The monoisotopic (exact) mass is 294 g/mol. The first-order chi connectivity index (χ1) is 10.5. The highest BCUT2D eigenvalue weighted by molar-refractivity contribution is 6.04. The van der Waals surface area contributed by atoms with Gasteiger partial charge in [0.1, 0.15) is 5.52 Å². The van der Waals surface area contributed by atoms with Crippen LogP contribution >= 0.6 is 0 Å². The van der Waals surface area contributed by atoms with E-state index in [0.29, 0.717) is 23.1 Å². The molecule has 22 heavy (non-hydrogen) atoms. The van der Waals surface area contributed by atoms with E-state index in [-0.39, 0.29) is 5.91 Å². The summed E-state index contributed by atoms with van der Waals surface area (Å²) in [5.41, 5.74) is 4.03. The predicted octanol–water partition coefficient (Wildman–Crippen LogP) is 4.51. The van der Waals surface area contributed by atoms with Crippen molar-refractivity contribution in [1.29, 1.82) is 0 Å². The van der Waals surface area contributed by atoms with Gasteiger partial charge in [0.15, 0.2) is 11.5 Å². The van der Waals surface area contributed by atoms with Crippen molar-refractivity contribution in [2.45, 2.75) is 26.7 Å². The number of nitrogens with one attached hydrogen (secondary N) is 1. The van der Waals surface area contributed by atoms with Crippen LogP contribution in [-0.4, -0.2) is 10.9 Å². The third-order valence-corrected chi connectivity index (χ3v) is 3.59. The third-order valence-electron chi connectivity index (χ3n) is 3.59. The van der Waals surface area contributed by atoms with Crippen molar-refractivity contribution in [3.8, 4) is 0 Å². The van der Waals surface area contributed by atoms with Crippen molar-refractivity contribution in [3.05, 3.63) is 59.5 Å². The van der Waals surface area contributed by atoms with E-state index in [1.807, 2.05) is 42.5 Å². The molecular weight excluding hydrogens is 276 g/mol. The summed E-state index contributed by atoms with van der Waals surface area (Å²) in [7, 11) is 0. The van der Waals surface area contributed by atoms with Gasteiger partial charge in [-0.1, -0.05) is 26.0 Å². The Morgan fingerprint density at radius 2 is 1.86 bits per heavy atom. The Hall–Kier alpha value is -2.62. The van der Waals surface area contributed by atoms with Gasteiger partial charge in [-0.25, -0.2) is 4.98 Å². The number of carbonyl (C=O) groups is 1. The van der Waals surface area contributed by atoms with Crippen LogP contribution in [-0.2, 0) is 0 Å². The molecule has 0 aliphatic heterocycles. The topological polar surface area (TPSA) is 55.1 Å². The van der Waals surface area contributed by atoms with Crippen molar-refractivity contribution in [3.63, 3.8) is 0 Å². The van der Waals surface area contributed by atoms with Gasteiger partial charge in [0.2, 0.25) is 0 Å². The molecule has 3 aromatic rings. The lowest BCUT2D eigenvalue weighted by molar-refractivity contribution is 0.102. The molecule has 0 fully saturated rings. The number of anilines is 1. The van der Waals surface area contributed by atoms with E-state index in [0.717, 1.165) is 11.1 Å². The van der Waals surface area contributed by atoms with E-state index in [9.17, 15) is 4.79 Å². The Bertz CT molecular complexity index is 817. The van der Waals surface area contributed by atoms with Crippen LogP contribution < -0.4 is 5.32 Å². The molecular formula is C18H18N2O2. The lowest BCUT2D eigenvalue weighted by atomic mass is 10.0. The summed E-state index contributed by atoms with van der Waals surface area (Å²) in [6.07, 6.45) is 0. The normalized spacial score (nSPS) is 11.1. The number of hydrogen-bond donors (Lipinski definition) is 1. The summed E-state index contributed by atoms with van der Waals surface area (Å²) < 4.78 is 5.42. The number of nitrogens with zero attached hydrogens (tertiary/aromatic N) is 1. The molecule has 0 radical (unpaired) electrons. The third kappa shape index (κ3) is 2.86. The predicted molar refractivity (Wildman–Crippen MR) is 87.2 cm³/mol. The van der Waals surface area contributed by atoms with Gasteiger partial charge in [-0.15, -0.1) is 0 Å². The van der Waals surface area contributed by atoms with Gasteiger partial charge in [-0.3, -0.25) is 4.79 Å². The van der Waals surface area contributed by atoms with Gasteiger partial charge in [0.25, 0.3) is 5.91 Å². The molecule has 1 amide bonds. The van der Waals surface area contributed by atoms with Crippen LogP contribution in [0.4, 0.5) is 5.69 Å². The highest BCUT2D eigenvalue weighted by atomic mass is 16.3. The van der Waals surface area contributed by atoms with E-state index in [1.54, 1.807) is 6.92 Å². The Kier molecular flexibility index (Phi) is 3.67. The molecule has 0 aliphatic rings. The van der Waals surface area contributed by atoms with Gasteiger partial charge in [-0.05, 0) is 41.8 Å². The zero-order valence-electron chi connectivity index (χ0n) is 12.9. The van der Waals surface area contributed by atoms with Crippen molar-refractivity contribution in [2.24, 2.45) is 0 Å². The first kappa shape index (κ1) is 14.3. The zero-order chi connectivity index (χ0) is 15.7. The highest BCUT2D eigenvalue weighted by Gasteiger charge is 2.09. The van der Waals surface area contributed by atoms with Crippen LogP contribution in [0.2, 0.25) is 0 Å². The summed E-state index contributed by atoms with van der Waals surface area (Å²) in [4.78, 5) is 16.5. The molecule has 0 saturated carbocycles. The Balaban J connectivity index is 1.79. The maximum absolute atomic E-state index is 12.3. The molecule has 1 aromatic heterocycles. The van der Waals surface area contributed by atoms with E-state index in [4.69, 9.17) is 4.42 Å². The van der Waals surface area contributed by atoms with Crippen LogP contribution in [0.15, 0.2) is 46.9 Å². The Labute approximate surface area is 129 Å². The smallest absolute Gasteiger partial charge is 0.255 e. The van der Waals surface area contributed by atoms with Crippen LogP contribution in [0.25, 0.3) is 11.1 Å². The molecule has 3 rings (SSSR count). The van der Waals surface area contributed by atoms with Gasteiger partial charge in [0.05, 0.1) is 0 Å². The molecule has 1 N–H and O–H groups in total. The quantitative estimate of drug-likeness (QED) is 0.773. The first-order valence-corrected chi connectivity index (χ1v) is 7.31. The second-order valence-electron chi connectivity index (χ2n) is 5.65. The van der Waals surface area contributed by atoms with Crippen molar-refractivity contribution in [2.75, 3.05) is 5.32 Å². The van der Waals surface area contributed by atoms with Gasteiger partial charge in [0, 0.05) is 18.2 Å². The van der Waals surface area contributed by atoms with Crippen LogP contribution in [0.3, 0.4) is 0 Å². The lowest BCUT2D eigenvalue weighted by Crippen LogP contribution is -2.11. The number of hydrogen-bond acceptors (Lipinski definition) is 3. The minimum atomic E-state index is -0.130. The number of oxazole rings is 1.